The van der Waals surface area contributed by atoms with Crippen molar-refractivity contribution in [1.29, 1.82) is 10.8 Å². The third kappa shape index (κ3) is 3.90. The summed E-state index contributed by atoms with van der Waals surface area (Å²) in [5.41, 5.74) is 16.7. The molecule has 0 saturated carbocycles. The zero-order valence-electron chi connectivity index (χ0n) is 11.3. The molecule has 0 aromatic heterocycles. The smallest absolute Gasteiger partial charge is 0.122 e. The fraction of sp³-hybridized carbons (Fsp3) is 0. The van der Waals surface area contributed by atoms with Crippen LogP contribution in [0.5, 0.6) is 0 Å². The second kappa shape index (κ2) is 6.33. The van der Waals surface area contributed by atoms with Gasteiger partial charge in [0.1, 0.15) is 11.7 Å². The summed E-state index contributed by atoms with van der Waals surface area (Å²) in [6.07, 6.45) is 1.67. The number of amidine groups is 2. The van der Waals surface area contributed by atoms with Crippen LogP contribution >= 0.6 is 0 Å². The summed E-state index contributed by atoms with van der Waals surface area (Å²) in [4.78, 5) is 0. The van der Waals surface area contributed by atoms with E-state index in [1.807, 2.05) is 12.1 Å². The Morgan fingerprint density at radius 2 is 1.33 bits per heavy atom. The minimum Gasteiger partial charge on any atom is -0.384 e. The van der Waals surface area contributed by atoms with E-state index in [1.165, 1.54) is 0 Å². The first-order chi connectivity index (χ1) is 10.1. The summed E-state index contributed by atoms with van der Waals surface area (Å²) in [6.45, 7) is 0. The van der Waals surface area contributed by atoms with Gasteiger partial charge in [0.05, 0.1) is 11.9 Å². The lowest BCUT2D eigenvalue weighted by Crippen LogP contribution is -2.10. The fourth-order valence-corrected chi connectivity index (χ4v) is 1.65. The molecule has 0 heterocycles. The summed E-state index contributed by atoms with van der Waals surface area (Å²) in [6, 6.07) is 14.3. The number of hydrogen-bond donors (Lipinski definition) is 5. The molecule has 0 saturated heterocycles. The van der Waals surface area contributed by atoms with Gasteiger partial charge >= 0.3 is 0 Å². The van der Waals surface area contributed by atoms with Crippen molar-refractivity contribution in [3.63, 3.8) is 0 Å². The summed E-state index contributed by atoms with van der Waals surface area (Å²) in [5, 5.41) is 18.7. The molecular formula is C15H16N6. The lowest BCUT2D eigenvalue weighted by atomic mass is 10.1. The Morgan fingerprint density at radius 3 is 1.81 bits per heavy atom. The minimum absolute atomic E-state index is 0.0376. The quantitative estimate of drug-likeness (QED) is 0.325. The number of hydrogen-bond acceptors (Lipinski definition) is 4. The van der Waals surface area contributed by atoms with Gasteiger partial charge in [0.25, 0.3) is 0 Å². The molecule has 21 heavy (non-hydrogen) atoms. The van der Waals surface area contributed by atoms with Gasteiger partial charge in [-0.2, -0.15) is 5.10 Å². The van der Waals surface area contributed by atoms with E-state index in [-0.39, 0.29) is 11.7 Å². The van der Waals surface area contributed by atoms with E-state index >= 15 is 0 Å². The largest absolute Gasteiger partial charge is 0.384 e. The van der Waals surface area contributed by atoms with Gasteiger partial charge in [-0.3, -0.25) is 16.2 Å². The Hall–Kier alpha value is -3.15. The van der Waals surface area contributed by atoms with E-state index in [9.17, 15) is 0 Å². The van der Waals surface area contributed by atoms with Gasteiger partial charge in [0.15, 0.2) is 0 Å². The molecule has 6 heteroatoms. The minimum atomic E-state index is 0.0376. The molecule has 2 aromatic carbocycles. The number of hydrazone groups is 1. The van der Waals surface area contributed by atoms with Gasteiger partial charge in [-0.05, 0) is 29.8 Å². The van der Waals surface area contributed by atoms with Crippen LogP contribution in [-0.4, -0.2) is 17.9 Å². The Kier molecular flexibility index (Phi) is 4.30. The van der Waals surface area contributed by atoms with Gasteiger partial charge in [0, 0.05) is 11.1 Å². The molecule has 2 aromatic rings. The van der Waals surface area contributed by atoms with Crippen LogP contribution in [0.3, 0.4) is 0 Å². The van der Waals surface area contributed by atoms with Crippen molar-refractivity contribution in [2.24, 2.45) is 16.6 Å². The molecule has 0 aliphatic rings. The van der Waals surface area contributed by atoms with Crippen LogP contribution in [0.1, 0.15) is 16.7 Å². The van der Waals surface area contributed by atoms with Gasteiger partial charge in [-0.25, -0.2) is 0 Å². The molecule has 0 spiro atoms. The summed E-state index contributed by atoms with van der Waals surface area (Å²) in [7, 11) is 0. The summed E-state index contributed by atoms with van der Waals surface area (Å²) >= 11 is 0. The topological polar surface area (TPSA) is 124 Å². The van der Waals surface area contributed by atoms with Crippen LogP contribution in [0, 0.1) is 10.8 Å². The molecular weight excluding hydrogens is 264 g/mol. The van der Waals surface area contributed by atoms with Crippen molar-refractivity contribution < 1.29 is 0 Å². The highest BCUT2D eigenvalue weighted by molar-refractivity contribution is 5.96. The normalized spacial score (nSPS) is 10.5. The third-order valence-electron chi connectivity index (χ3n) is 2.82. The van der Waals surface area contributed by atoms with Crippen molar-refractivity contribution in [2.45, 2.75) is 0 Å². The maximum absolute atomic E-state index is 7.31. The van der Waals surface area contributed by atoms with Gasteiger partial charge in [-0.1, -0.05) is 24.3 Å². The predicted octanol–water partition coefficient (Wildman–Crippen LogP) is 1.70. The monoisotopic (exact) mass is 280 g/mol. The maximum atomic E-state index is 7.31. The average molecular weight is 280 g/mol. The van der Waals surface area contributed by atoms with Crippen molar-refractivity contribution in [1.82, 2.24) is 0 Å². The molecule has 2 rings (SSSR count). The van der Waals surface area contributed by atoms with Crippen LogP contribution in [-0.2, 0) is 0 Å². The Balaban J connectivity index is 1.98. The molecule has 6 nitrogen and oxygen atoms in total. The second-order valence-corrected chi connectivity index (χ2v) is 4.40. The standard InChI is InChI=1S/C15H16N6/c16-14(17)11-3-1-10(2-4-11)9-20-21-13-7-5-12(6-8-13)15(18)19/h1-9,21H,(H3,16,17)(H3,18,19)/b20-9+. The maximum Gasteiger partial charge on any atom is 0.122 e. The van der Waals surface area contributed by atoms with Crippen molar-refractivity contribution in [3.05, 3.63) is 65.2 Å². The first kappa shape index (κ1) is 14.3. The van der Waals surface area contributed by atoms with E-state index in [2.05, 4.69) is 10.5 Å². The first-order valence-electron chi connectivity index (χ1n) is 6.24. The molecule has 0 atom stereocenters. The van der Waals surface area contributed by atoms with E-state index < -0.39 is 0 Å². The zero-order chi connectivity index (χ0) is 15.2. The number of nitrogen functional groups attached to an aromatic ring is 2. The number of nitrogens with zero attached hydrogens (tertiary/aromatic N) is 1. The van der Waals surface area contributed by atoms with Gasteiger partial charge in [-0.15, -0.1) is 0 Å². The Labute approximate surface area is 122 Å². The molecule has 0 radical (unpaired) electrons. The lowest BCUT2D eigenvalue weighted by Gasteiger charge is -2.02. The second-order valence-electron chi connectivity index (χ2n) is 4.40. The predicted molar refractivity (Wildman–Crippen MR) is 86.1 cm³/mol. The fourth-order valence-electron chi connectivity index (χ4n) is 1.65. The molecule has 0 aliphatic carbocycles. The van der Waals surface area contributed by atoms with E-state index in [4.69, 9.17) is 22.3 Å². The van der Waals surface area contributed by atoms with Crippen molar-refractivity contribution in [3.8, 4) is 0 Å². The third-order valence-corrected chi connectivity index (χ3v) is 2.82. The van der Waals surface area contributed by atoms with Crippen LogP contribution in [0.4, 0.5) is 5.69 Å². The Morgan fingerprint density at radius 1 is 0.857 bits per heavy atom. The molecule has 7 N–H and O–H groups in total. The number of rotatable bonds is 5. The number of nitrogens with two attached hydrogens (primary N) is 2. The van der Waals surface area contributed by atoms with Crippen molar-refractivity contribution in [2.75, 3.05) is 5.43 Å². The first-order valence-corrected chi connectivity index (χ1v) is 6.24. The van der Waals surface area contributed by atoms with Crippen LogP contribution in [0.2, 0.25) is 0 Å². The van der Waals surface area contributed by atoms with Crippen LogP contribution < -0.4 is 16.9 Å². The van der Waals surface area contributed by atoms with Gasteiger partial charge < -0.3 is 11.5 Å². The lowest BCUT2D eigenvalue weighted by molar-refractivity contribution is 1.34. The van der Waals surface area contributed by atoms with Crippen LogP contribution in [0.25, 0.3) is 0 Å². The summed E-state index contributed by atoms with van der Waals surface area (Å²) in [5.74, 6) is 0.0813. The molecule has 0 fully saturated rings. The molecule has 106 valence electrons. The van der Waals surface area contributed by atoms with Gasteiger partial charge in [0.2, 0.25) is 0 Å². The number of nitrogens with one attached hydrogen (secondary N) is 3. The molecule has 0 amide bonds. The SMILES string of the molecule is N=C(N)c1ccc(/C=N/Nc2ccc(C(=N)N)cc2)cc1. The number of benzene rings is 2. The van der Waals surface area contributed by atoms with E-state index in [1.54, 1.807) is 42.6 Å². The highest BCUT2D eigenvalue weighted by Gasteiger charge is 1.96. The zero-order valence-corrected chi connectivity index (χ0v) is 11.3. The van der Waals surface area contributed by atoms with E-state index in [0.717, 1.165) is 11.3 Å². The molecule has 0 unspecified atom stereocenters. The van der Waals surface area contributed by atoms with E-state index in [0.29, 0.717) is 11.1 Å². The number of anilines is 1. The average Bonchev–Trinajstić information content (AvgIpc) is 2.48. The Bertz CT molecular complexity index is 670. The molecule has 0 bridgehead atoms. The highest BCUT2D eigenvalue weighted by Crippen LogP contribution is 2.09. The summed E-state index contributed by atoms with van der Waals surface area (Å²) < 4.78 is 0. The van der Waals surface area contributed by atoms with Crippen LogP contribution in [0.15, 0.2) is 53.6 Å². The van der Waals surface area contributed by atoms with Crippen molar-refractivity contribution >= 4 is 23.6 Å². The molecule has 0 aliphatic heterocycles. The highest BCUT2D eigenvalue weighted by atomic mass is 15.3.